The second-order valence-electron chi connectivity index (χ2n) is 7.57. The molecule has 164 valence electrons. The molecule has 1 aliphatic heterocycles. The van der Waals surface area contributed by atoms with E-state index in [0.29, 0.717) is 18.0 Å². The number of aromatic amines is 2. The molecule has 3 heterocycles. The highest BCUT2D eigenvalue weighted by Crippen LogP contribution is 2.36. The Morgan fingerprint density at radius 1 is 1.06 bits per heavy atom. The first kappa shape index (κ1) is 20.0. The van der Waals surface area contributed by atoms with Gasteiger partial charge in [0.25, 0.3) is 5.56 Å². The van der Waals surface area contributed by atoms with Gasteiger partial charge < -0.3 is 24.9 Å². The van der Waals surface area contributed by atoms with E-state index < -0.39 is 23.2 Å². The maximum Gasteiger partial charge on any atom is 0.335 e. The van der Waals surface area contributed by atoms with Crippen molar-refractivity contribution >= 4 is 10.9 Å². The van der Waals surface area contributed by atoms with Gasteiger partial charge in [-0.25, -0.2) is 9.36 Å². The highest BCUT2D eigenvalue weighted by Gasteiger charge is 2.31. The van der Waals surface area contributed by atoms with Crippen LogP contribution in [0.2, 0.25) is 0 Å². The fourth-order valence-electron chi connectivity index (χ4n) is 4.42. The van der Waals surface area contributed by atoms with Crippen LogP contribution in [0.4, 0.5) is 0 Å². The number of aromatic nitrogens is 3. The molecule has 0 aliphatic carbocycles. The number of aromatic hydroxyl groups is 1. The molecule has 2 aromatic carbocycles. The highest BCUT2D eigenvalue weighted by atomic mass is 16.5. The van der Waals surface area contributed by atoms with Gasteiger partial charge in [0.15, 0.2) is 0 Å². The van der Waals surface area contributed by atoms with E-state index >= 15 is 0 Å². The van der Waals surface area contributed by atoms with E-state index in [1.54, 1.807) is 18.2 Å². The van der Waals surface area contributed by atoms with Crippen molar-refractivity contribution in [2.75, 3.05) is 20.8 Å². The molecule has 0 bridgehead atoms. The summed E-state index contributed by atoms with van der Waals surface area (Å²) in [7, 11) is 2.95. The number of nitrogens with zero attached hydrogens (tertiary/aromatic N) is 1. The molecule has 32 heavy (non-hydrogen) atoms. The molecule has 9 heteroatoms. The van der Waals surface area contributed by atoms with E-state index in [2.05, 4.69) is 15.3 Å². The summed E-state index contributed by atoms with van der Waals surface area (Å²) in [5.74, 6) is 0.340. The summed E-state index contributed by atoms with van der Waals surface area (Å²) in [4.78, 5) is 31.4. The monoisotopic (exact) mass is 434 g/mol. The fourth-order valence-corrected chi connectivity index (χ4v) is 4.42. The Morgan fingerprint density at radius 3 is 2.66 bits per heavy atom. The maximum atomic E-state index is 12.9. The molecule has 0 unspecified atom stereocenters. The van der Waals surface area contributed by atoms with Gasteiger partial charge in [-0.1, -0.05) is 18.2 Å². The summed E-state index contributed by atoms with van der Waals surface area (Å²) in [6.45, 7) is 0.611. The van der Waals surface area contributed by atoms with E-state index in [9.17, 15) is 14.7 Å². The third kappa shape index (κ3) is 2.97. The quantitative estimate of drug-likeness (QED) is 0.390. The Bertz CT molecular complexity index is 1450. The van der Waals surface area contributed by atoms with Crippen molar-refractivity contribution in [1.29, 1.82) is 0 Å². The summed E-state index contributed by atoms with van der Waals surface area (Å²) in [5.41, 5.74) is 1.68. The van der Waals surface area contributed by atoms with Gasteiger partial charge in [0.05, 0.1) is 25.9 Å². The molecule has 0 fully saturated rings. The lowest BCUT2D eigenvalue weighted by Crippen LogP contribution is -2.38. The molecule has 1 aliphatic rings. The van der Waals surface area contributed by atoms with Gasteiger partial charge in [-0.15, -0.1) is 0 Å². The third-order valence-electron chi connectivity index (χ3n) is 5.90. The fraction of sp³-hybridized carbons (Fsp3) is 0.217. The number of ether oxygens (including phenoxy) is 2. The molecule has 0 saturated carbocycles. The van der Waals surface area contributed by atoms with Crippen LogP contribution in [0.5, 0.6) is 17.4 Å². The van der Waals surface area contributed by atoms with Crippen molar-refractivity contribution in [3.63, 3.8) is 0 Å². The Balaban J connectivity index is 1.76. The Kier molecular flexibility index (Phi) is 4.75. The summed E-state index contributed by atoms with van der Waals surface area (Å²) < 4.78 is 11.7. The lowest BCUT2D eigenvalue weighted by Gasteiger charge is -2.25. The van der Waals surface area contributed by atoms with Crippen LogP contribution in [0.25, 0.3) is 16.6 Å². The zero-order chi connectivity index (χ0) is 22.4. The van der Waals surface area contributed by atoms with Crippen LogP contribution in [-0.2, 0) is 6.42 Å². The average Bonchev–Trinajstić information content (AvgIpc) is 3.18. The molecule has 5 rings (SSSR count). The predicted octanol–water partition coefficient (Wildman–Crippen LogP) is 1.96. The lowest BCUT2D eigenvalue weighted by molar-refractivity contribution is 0.388. The Labute approximate surface area is 182 Å². The lowest BCUT2D eigenvalue weighted by atomic mass is 9.95. The second kappa shape index (κ2) is 7.61. The first-order chi connectivity index (χ1) is 15.5. The second-order valence-corrected chi connectivity index (χ2v) is 7.57. The number of H-pyrrole nitrogens is 2. The Hall–Kier alpha value is -3.98. The van der Waals surface area contributed by atoms with E-state index in [-0.39, 0.29) is 11.3 Å². The predicted molar refractivity (Wildman–Crippen MR) is 119 cm³/mol. The average molecular weight is 434 g/mol. The van der Waals surface area contributed by atoms with Crippen LogP contribution < -0.4 is 26.0 Å². The topological polar surface area (TPSA) is 121 Å². The van der Waals surface area contributed by atoms with Crippen molar-refractivity contribution < 1.29 is 14.6 Å². The summed E-state index contributed by atoms with van der Waals surface area (Å²) in [5, 5.41) is 15.6. The van der Waals surface area contributed by atoms with E-state index in [1.165, 1.54) is 14.2 Å². The normalized spacial score (nSPS) is 15.5. The minimum absolute atomic E-state index is 0.0435. The molecule has 4 aromatic rings. The third-order valence-corrected chi connectivity index (χ3v) is 5.90. The molecular weight excluding hydrogens is 412 g/mol. The number of methoxy groups -OCH3 is 2. The van der Waals surface area contributed by atoms with Crippen LogP contribution in [0, 0.1) is 0 Å². The molecule has 0 spiro atoms. The Morgan fingerprint density at radius 2 is 1.88 bits per heavy atom. The highest BCUT2D eigenvalue weighted by molar-refractivity contribution is 5.85. The molecule has 0 saturated heterocycles. The maximum absolute atomic E-state index is 12.9. The van der Waals surface area contributed by atoms with Crippen molar-refractivity contribution in [2.24, 2.45) is 0 Å². The zero-order valence-electron chi connectivity index (χ0n) is 17.6. The molecule has 2 aromatic heterocycles. The van der Waals surface area contributed by atoms with Crippen LogP contribution in [0.15, 0.2) is 52.1 Å². The summed E-state index contributed by atoms with van der Waals surface area (Å²) in [6.07, 6.45) is 0.776. The van der Waals surface area contributed by atoms with E-state index in [1.807, 2.05) is 24.3 Å². The smallest absolute Gasteiger partial charge is 0.335 e. The largest absolute Gasteiger partial charge is 0.497 e. The van der Waals surface area contributed by atoms with Gasteiger partial charge in [0.2, 0.25) is 5.88 Å². The summed E-state index contributed by atoms with van der Waals surface area (Å²) in [6, 6.07) is 12.1. The number of hydrogen-bond acceptors (Lipinski definition) is 6. The molecule has 0 radical (unpaired) electrons. The van der Waals surface area contributed by atoms with E-state index in [4.69, 9.17) is 9.47 Å². The first-order valence-corrected chi connectivity index (χ1v) is 10.2. The van der Waals surface area contributed by atoms with Gasteiger partial charge >= 0.3 is 5.69 Å². The molecular formula is C23H22N4O5. The molecule has 0 amide bonds. The van der Waals surface area contributed by atoms with Gasteiger partial charge in [0, 0.05) is 29.2 Å². The standard InChI is InChI=1S/C23H22N4O5/c1-31-12-7-8-17(32-2)16(11-12)27-22(29)18(21(28)26-23(27)30)20-19-14(9-10-24-20)13-5-3-4-6-15(13)25-19/h3-8,11,20,24-25,29H,9-10H2,1-2H3,(H,26,28,30)/t20-/m0/s1. The number of rotatable bonds is 4. The minimum atomic E-state index is -0.782. The van der Waals surface area contributed by atoms with E-state index in [0.717, 1.165) is 33.1 Å². The minimum Gasteiger partial charge on any atom is -0.497 e. The SMILES string of the molecule is COc1ccc(OC)c(-n2c(O)c([C@@H]3NCCc4c3[nH]c3ccccc43)c(=O)[nH]c2=O)c1. The van der Waals surface area contributed by atoms with Gasteiger partial charge in [-0.05, 0) is 30.2 Å². The van der Waals surface area contributed by atoms with Crippen molar-refractivity contribution in [2.45, 2.75) is 12.5 Å². The number of benzene rings is 2. The van der Waals surface area contributed by atoms with Gasteiger partial charge in [-0.3, -0.25) is 9.78 Å². The molecule has 9 nitrogen and oxygen atoms in total. The summed E-state index contributed by atoms with van der Waals surface area (Å²) >= 11 is 0. The van der Waals surface area contributed by atoms with Crippen LogP contribution in [0.3, 0.4) is 0 Å². The number of hydrogen-bond donors (Lipinski definition) is 4. The van der Waals surface area contributed by atoms with Crippen molar-refractivity contribution in [3.8, 4) is 23.1 Å². The molecule has 1 atom stereocenters. The van der Waals surface area contributed by atoms with Crippen molar-refractivity contribution in [3.05, 3.63) is 80.1 Å². The molecule has 4 N–H and O–H groups in total. The zero-order valence-corrected chi connectivity index (χ0v) is 17.6. The number of para-hydroxylation sites is 1. The van der Waals surface area contributed by atoms with Crippen LogP contribution >= 0.6 is 0 Å². The van der Waals surface area contributed by atoms with Crippen molar-refractivity contribution in [1.82, 2.24) is 19.9 Å². The number of fused-ring (bicyclic) bond motifs is 3. The van der Waals surface area contributed by atoms with Gasteiger partial charge in [0.1, 0.15) is 17.1 Å². The first-order valence-electron chi connectivity index (χ1n) is 10.2. The van der Waals surface area contributed by atoms with Crippen LogP contribution in [0.1, 0.15) is 22.9 Å². The van der Waals surface area contributed by atoms with Gasteiger partial charge in [-0.2, -0.15) is 0 Å². The number of nitrogens with one attached hydrogen (secondary N) is 3. The van der Waals surface area contributed by atoms with Crippen LogP contribution in [-0.4, -0.2) is 40.4 Å².